The highest BCUT2D eigenvalue weighted by atomic mass is 32.1. The lowest BCUT2D eigenvalue weighted by Crippen LogP contribution is -2.13. The molecule has 0 heterocycles. The molecule has 1 aromatic carbocycles. The Labute approximate surface area is 94.7 Å². The highest BCUT2D eigenvalue weighted by Crippen LogP contribution is 2.11. The third-order valence-corrected chi connectivity index (χ3v) is 2.14. The van der Waals surface area contributed by atoms with Gasteiger partial charge in [-0.3, -0.25) is 4.79 Å². The predicted octanol–water partition coefficient (Wildman–Crippen LogP) is 2.06. The van der Waals surface area contributed by atoms with Gasteiger partial charge < -0.3 is 11.1 Å². The Morgan fingerprint density at radius 3 is 2.87 bits per heavy atom. The standard InChI is InChI=1S/C11H14N2OS/c1-2-4-10(14)13-9-6-3-5-8(7-9)11(12)15/h3,5-7H,2,4H2,1H3,(H2,12,15)(H,13,14). The van der Waals surface area contributed by atoms with Gasteiger partial charge in [-0.05, 0) is 18.6 Å². The van der Waals surface area contributed by atoms with Crippen molar-refractivity contribution in [2.45, 2.75) is 19.8 Å². The molecule has 80 valence electrons. The van der Waals surface area contributed by atoms with Crippen LogP contribution in [0.5, 0.6) is 0 Å². The van der Waals surface area contributed by atoms with Gasteiger partial charge in [-0.25, -0.2) is 0 Å². The van der Waals surface area contributed by atoms with Crippen molar-refractivity contribution in [3.8, 4) is 0 Å². The number of anilines is 1. The molecule has 0 aliphatic carbocycles. The Morgan fingerprint density at radius 1 is 1.53 bits per heavy atom. The highest BCUT2D eigenvalue weighted by molar-refractivity contribution is 7.80. The van der Waals surface area contributed by atoms with Crippen molar-refractivity contribution in [2.24, 2.45) is 5.73 Å². The van der Waals surface area contributed by atoms with Crippen LogP contribution in [-0.4, -0.2) is 10.9 Å². The number of amides is 1. The van der Waals surface area contributed by atoms with E-state index in [1.54, 1.807) is 6.07 Å². The van der Waals surface area contributed by atoms with Gasteiger partial charge in [0.25, 0.3) is 0 Å². The number of nitrogens with two attached hydrogens (primary N) is 1. The zero-order chi connectivity index (χ0) is 11.3. The molecule has 0 unspecified atom stereocenters. The van der Waals surface area contributed by atoms with Crippen LogP contribution in [0.25, 0.3) is 0 Å². The van der Waals surface area contributed by atoms with E-state index in [4.69, 9.17) is 18.0 Å². The number of carbonyl (C=O) groups excluding carboxylic acids is 1. The molecule has 0 saturated carbocycles. The number of hydrogen-bond donors (Lipinski definition) is 2. The van der Waals surface area contributed by atoms with Gasteiger partial charge in [-0.15, -0.1) is 0 Å². The van der Waals surface area contributed by atoms with Crippen molar-refractivity contribution < 1.29 is 4.79 Å². The summed E-state index contributed by atoms with van der Waals surface area (Å²) < 4.78 is 0. The second-order valence-electron chi connectivity index (χ2n) is 3.24. The van der Waals surface area contributed by atoms with E-state index in [0.29, 0.717) is 11.4 Å². The van der Waals surface area contributed by atoms with Crippen molar-refractivity contribution in [1.29, 1.82) is 0 Å². The second-order valence-corrected chi connectivity index (χ2v) is 3.68. The third-order valence-electron chi connectivity index (χ3n) is 1.91. The number of benzene rings is 1. The van der Waals surface area contributed by atoms with E-state index in [9.17, 15) is 4.79 Å². The molecule has 15 heavy (non-hydrogen) atoms. The third kappa shape index (κ3) is 3.67. The second kappa shape index (κ2) is 5.46. The number of carbonyl (C=O) groups is 1. The Morgan fingerprint density at radius 2 is 2.27 bits per heavy atom. The lowest BCUT2D eigenvalue weighted by Gasteiger charge is -2.05. The fourth-order valence-electron chi connectivity index (χ4n) is 1.20. The molecular formula is C11H14N2OS. The first-order valence-electron chi connectivity index (χ1n) is 4.83. The molecule has 0 saturated heterocycles. The summed E-state index contributed by atoms with van der Waals surface area (Å²) in [6, 6.07) is 7.22. The lowest BCUT2D eigenvalue weighted by molar-refractivity contribution is -0.116. The molecule has 0 aromatic heterocycles. The fourth-order valence-corrected chi connectivity index (χ4v) is 1.33. The molecule has 1 rings (SSSR count). The van der Waals surface area contributed by atoms with Crippen LogP contribution < -0.4 is 11.1 Å². The fraction of sp³-hybridized carbons (Fsp3) is 0.273. The Balaban J connectivity index is 2.73. The van der Waals surface area contributed by atoms with Gasteiger partial charge in [0.2, 0.25) is 5.91 Å². The summed E-state index contributed by atoms with van der Waals surface area (Å²) in [5, 5.41) is 2.78. The van der Waals surface area contributed by atoms with Gasteiger partial charge >= 0.3 is 0 Å². The zero-order valence-electron chi connectivity index (χ0n) is 8.62. The van der Waals surface area contributed by atoms with Crippen molar-refractivity contribution in [3.63, 3.8) is 0 Å². The van der Waals surface area contributed by atoms with Gasteiger partial charge in [0.15, 0.2) is 0 Å². The van der Waals surface area contributed by atoms with Gasteiger partial charge in [0.05, 0.1) is 0 Å². The number of rotatable bonds is 4. The first-order valence-corrected chi connectivity index (χ1v) is 5.24. The van der Waals surface area contributed by atoms with Crippen LogP contribution in [0.4, 0.5) is 5.69 Å². The van der Waals surface area contributed by atoms with E-state index in [0.717, 1.165) is 17.7 Å². The van der Waals surface area contributed by atoms with Crippen LogP contribution in [0, 0.1) is 0 Å². The summed E-state index contributed by atoms with van der Waals surface area (Å²) in [6.07, 6.45) is 1.36. The van der Waals surface area contributed by atoms with Crippen LogP contribution in [0.1, 0.15) is 25.3 Å². The maximum absolute atomic E-state index is 11.3. The molecule has 0 spiro atoms. The highest BCUT2D eigenvalue weighted by Gasteiger charge is 2.02. The molecule has 4 heteroatoms. The molecular weight excluding hydrogens is 208 g/mol. The molecule has 0 aliphatic heterocycles. The average Bonchev–Trinajstić information content (AvgIpc) is 2.18. The average molecular weight is 222 g/mol. The molecule has 0 aliphatic rings. The van der Waals surface area contributed by atoms with Crippen LogP contribution in [-0.2, 0) is 4.79 Å². The predicted molar refractivity (Wildman–Crippen MR) is 65.9 cm³/mol. The molecule has 1 aromatic rings. The van der Waals surface area contributed by atoms with E-state index < -0.39 is 0 Å². The smallest absolute Gasteiger partial charge is 0.224 e. The van der Waals surface area contributed by atoms with E-state index >= 15 is 0 Å². The SMILES string of the molecule is CCCC(=O)Nc1cccc(C(N)=S)c1. The summed E-state index contributed by atoms with van der Waals surface area (Å²) in [5.74, 6) is 0.0117. The van der Waals surface area contributed by atoms with E-state index in [-0.39, 0.29) is 5.91 Å². The van der Waals surface area contributed by atoms with Crippen LogP contribution in [0.15, 0.2) is 24.3 Å². The Bertz CT molecular complexity index is 377. The minimum atomic E-state index is 0.0117. The van der Waals surface area contributed by atoms with E-state index in [2.05, 4.69) is 5.32 Å². The minimum absolute atomic E-state index is 0.0117. The monoisotopic (exact) mass is 222 g/mol. The maximum atomic E-state index is 11.3. The molecule has 3 N–H and O–H groups in total. The van der Waals surface area contributed by atoms with Crippen LogP contribution in [0.2, 0.25) is 0 Å². The quantitative estimate of drug-likeness (QED) is 0.767. The number of hydrogen-bond acceptors (Lipinski definition) is 2. The number of thiocarbonyl (C=S) groups is 1. The minimum Gasteiger partial charge on any atom is -0.389 e. The lowest BCUT2D eigenvalue weighted by atomic mass is 10.2. The molecule has 0 radical (unpaired) electrons. The molecule has 0 fully saturated rings. The van der Waals surface area contributed by atoms with Gasteiger partial charge in [0, 0.05) is 17.7 Å². The number of nitrogens with one attached hydrogen (secondary N) is 1. The topological polar surface area (TPSA) is 55.1 Å². The van der Waals surface area contributed by atoms with Crippen molar-refractivity contribution >= 4 is 28.8 Å². The summed E-state index contributed by atoms with van der Waals surface area (Å²) in [5.41, 5.74) is 6.99. The first-order chi connectivity index (χ1) is 7.13. The van der Waals surface area contributed by atoms with Gasteiger partial charge in [-0.1, -0.05) is 31.3 Å². The first kappa shape index (κ1) is 11.7. The van der Waals surface area contributed by atoms with Crippen LogP contribution >= 0.6 is 12.2 Å². The van der Waals surface area contributed by atoms with Crippen molar-refractivity contribution in [3.05, 3.63) is 29.8 Å². The summed E-state index contributed by atoms with van der Waals surface area (Å²) in [6.45, 7) is 1.96. The zero-order valence-corrected chi connectivity index (χ0v) is 9.43. The van der Waals surface area contributed by atoms with Gasteiger partial charge in [-0.2, -0.15) is 0 Å². The molecule has 0 bridgehead atoms. The molecule has 3 nitrogen and oxygen atoms in total. The summed E-state index contributed by atoms with van der Waals surface area (Å²) in [7, 11) is 0. The molecule has 1 amide bonds. The van der Waals surface area contributed by atoms with E-state index in [1.165, 1.54) is 0 Å². The Hall–Kier alpha value is -1.42. The Kier molecular flexibility index (Phi) is 4.24. The maximum Gasteiger partial charge on any atom is 0.224 e. The largest absolute Gasteiger partial charge is 0.389 e. The van der Waals surface area contributed by atoms with Crippen LogP contribution in [0.3, 0.4) is 0 Å². The van der Waals surface area contributed by atoms with Crippen molar-refractivity contribution in [2.75, 3.05) is 5.32 Å². The van der Waals surface area contributed by atoms with Gasteiger partial charge in [0.1, 0.15) is 4.99 Å². The van der Waals surface area contributed by atoms with E-state index in [1.807, 2.05) is 25.1 Å². The molecule has 0 atom stereocenters. The summed E-state index contributed by atoms with van der Waals surface area (Å²) in [4.78, 5) is 11.7. The summed E-state index contributed by atoms with van der Waals surface area (Å²) >= 11 is 4.85. The normalized spacial score (nSPS) is 9.67. The van der Waals surface area contributed by atoms with Crippen molar-refractivity contribution in [1.82, 2.24) is 0 Å².